The maximum Gasteiger partial charge on any atom is 0.413 e. The summed E-state index contributed by atoms with van der Waals surface area (Å²) < 4.78 is 5.49. The van der Waals surface area contributed by atoms with Crippen molar-refractivity contribution >= 4 is 40.8 Å². The smallest absolute Gasteiger partial charge is 0.413 e. The van der Waals surface area contributed by atoms with E-state index in [1.54, 1.807) is 18.3 Å². The van der Waals surface area contributed by atoms with E-state index in [4.69, 9.17) is 27.9 Å². The SMILES string of the molecule is Cc1ccc(NC(=O)OC2CCN(c3ccc(Cl)cc3Cl)CC2)nc1. The van der Waals surface area contributed by atoms with Gasteiger partial charge in [0.15, 0.2) is 0 Å². The molecule has 1 amide bonds. The first-order valence-corrected chi connectivity index (χ1v) is 8.87. The van der Waals surface area contributed by atoms with E-state index in [9.17, 15) is 4.79 Å². The molecule has 3 rings (SSSR count). The van der Waals surface area contributed by atoms with Crippen LogP contribution in [-0.4, -0.2) is 30.3 Å². The highest BCUT2D eigenvalue weighted by Crippen LogP contribution is 2.31. The minimum Gasteiger partial charge on any atom is -0.446 e. The number of hydrogen-bond acceptors (Lipinski definition) is 4. The average molecular weight is 380 g/mol. The lowest BCUT2D eigenvalue weighted by atomic mass is 10.1. The third kappa shape index (κ3) is 4.77. The quantitative estimate of drug-likeness (QED) is 0.822. The fourth-order valence-electron chi connectivity index (χ4n) is 2.78. The number of nitrogens with one attached hydrogen (secondary N) is 1. The largest absolute Gasteiger partial charge is 0.446 e. The van der Waals surface area contributed by atoms with Crippen molar-refractivity contribution in [2.24, 2.45) is 0 Å². The molecule has 5 nitrogen and oxygen atoms in total. The van der Waals surface area contributed by atoms with Gasteiger partial charge in [-0.15, -0.1) is 0 Å². The topological polar surface area (TPSA) is 54.5 Å². The third-order valence-electron chi connectivity index (χ3n) is 4.11. The summed E-state index contributed by atoms with van der Waals surface area (Å²) >= 11 is 12.2. The number of aromatic nitrogens is 1. The minimum absolute atomic E-state index is 0.118. The number of halogens is 2. The number of pyridine rings is 1. The van der Waals surface area contributed by atoms with Crippen LogP contribution in [0, 0.1) is 6.92 Å². The van der Waals surface area contributed by atoms with Crippen LogP contribution >= 0.6 is 23.2 Å². The lowest BCUT2D eigenvalue weighted by Gasteiger charge is -2.33. The lowest BCUT2D eigenvalue weighted by molar-refractivity contribution is 0.0950. The van der Waals surface area contributed by atoms with Crippen molar-refractivity contribution in [3.63, 3.8) is 0 Å². The summed E-state index contributed by atoms with van der Waals surface area (Å²) in [6.07, 6.45) is 2.60. The molecule has 1 aromatic heterocycles. The van der Waals surface area contributed by atoms with Gasteiger partial charge in [-0.3, -0.25) is 5.32 Å². The Morgan fingerprint density at radius 1 is 1.24 bits per heavy atom. The number of piperidine rings is 1. The van der Waals surface area contributed by atoms with E-state index >= 15 is 0 Å². The van der Waals surface area contributed by atoms with Gasteiger partial charge in [-0.05, 0) is 36.8 Å². The van der Waals surface area contributed by atoms with Crippen molar-refractivity contribution in [2.45, 2.75) is 25.9 Å². The van der Waals surface area contributed by atoms with Gasteiger partial charge in [0.1, 0.15) is 11.9 Å². The normalized spacial score (nSPS) is 15.1. The zero-order valence-corrected chi connectivity index (χ0v) is 15.3. The Balaban J connectivity index is 1.50. The van der Waals surface area contributed by atoms with Gasteiger partial charge >= 0.3 is 6.09 Å². The minimum atomic E-state index is -0.473. The van der Waals surface area contributed by atoms with E-state index in [0.29, 0.717) is 15.9 Å². The Hall–Kier alpha value is -1.98. The number of anilines is 2. The molecule has 0 bridgehead atoms. The molecule has 1 N–H and O–H groups in total. The molecule has 0 radical (unpaired) electrons. The van der Waals surface area contributed by atoms with Gasteiger partial charge in [0, 0.05) is 37.2 Å². The molecule has 1 saturated heterocycles. The molecule has 2 heterocycles. The van der Waals surface area contributed by atoms with E-state index < -0.39 is 6.09 Å². The molecule has 1 aromatic carbocycles. The molecule has 0 atom stereocenters. The van der Waals surface area contributed by atoms with Gasteiger partial charge in [0.05, 0.1) is 10.7 Å². The molecule has 132 valence electrons. The van der Waals surface area contributed by atoms with Crippen LogP contribution in [0.5, 0.6) is 0 Å². The van der Waals surface area contributed by atoms with Crippen molar-refractivity contribution in [3.05, 3.63) is 52.1 Å². The molecule has 0 saturated carbocycles. The number of amides is 1. The lowest BCUT2D eigenvalue weighted by Crippen LogP contribution is -2.38. The molecule has 25 heavy (non-hydrogen) atoms. The Morgan fingerprint density at radius 3 is 2.64 bits per heavy atom. The van der Waals surface area contributed by atoms with Gasteiger partial charge in [-0.2, -0.15) is 0 Å². The van der Waals surface area contributed by atoms with Crippen LogP contribution in [0.1, 0.15) is 18.4 Å². The highest BCUT2D eigenvalue weighted by molar-refractivity contribution is 6.36. The molecule has 1 aliphatic rings. The van der Waals surface area contributed by atoms with Crippen molar-refractivity contribution in [2.75, 3.05) is 23.3 Å². The summed E-state index contributed by atoms with van der Waals surface area (Å²) in [7, 11) is 0. The van der Waals surface area contributed by atoms with E-state index in [0.717, 1.165) is 37.2 Å². The number of carbonyl (C=O) groups excluding carboxylic acids is 1. The van der Waals surface area contributed by atoms with Crippen LogP contribution in [0.3, 0.4) is 0 Å². The van der Waals surface area contributed by atoms with Gasteiger partial charge in [-0.1, -0.05) is 29.3 Å². The first-order valence-electron chi connectivity index (χ1n) is 8.11. The molecule has 1 fully saturated rings. The van der Waals surface area contributed by atoms with Crippen LogP contribution in [0.2, 0.25) is 10.0 Å². The molecule has 0 aliphatic carbocycles. The van der Waals surface area contributed by atoms with Gasteiger partial charge < -0.3 is 9.64 Å². The molecular weight excluding hydrogens is 361 g/mol. The second-order valence-corrected chi connectivity index (χ2v) is 6.88. The number of ether oxygens (including phenoxy) is 1. The molecule has 0 unspecified atom stereocenters. The number of aryl methyl sites for hydroxylation is 1. The first-order chi connectivity index (χ1) is 12.0. The maximum atomic E-state index is 12.0. The van der Waals surface area contributed by atoms with E-state index in [-0.39, 0.29) is 6.10 Å². The van der Waals surface area contributed by atoms with Crippen molar-refractivity contribution in [1.82, 2.24) is 4.98 Å². The average Bonchev–Trinajstić information content (AvgIpc) is 2.58. The summed E-state index contributed by atoms with van der Waals surface area (Å²) in [5, 5.41) is 3.91. The number of benzene rings is 1. The predicted octanol–water partition coefficient (Wildman–Crippen LogP) is 4.91. The maximum absolute atomic E-state index is 12.0. The van der Waals surface area contributed by atoms with Gasteiger partial charge in [0.25, 0.3) is 0 Å². The van der Waals surface area contributed by atoms with Crippen molar-refractivity contribution < 1.29 is 9.53 Å². The van der Waals surface area contributed by atoms with E-state index in [2.05, 4.69) is 15.2 Å². The summed E-state index contributed by atoms with van der Waals surface area (Å²) in [6.45, 7) is 3.47. The van der Waals surface area contributed by atoms with Crippen LogP contribution in [0.4, 0.5) is 16.3 Å². The molecular formula is C18H19Cl2N3O2. The summed E-state index contributed by atoms with van der Waals surface area (Å²) in [5.74, 6) is 0.487. The van der Waals surface area contributed by atoms with Gasteiger partial charge in [0.2, 0.25) is 0 Å². The number of nitrogens with zero attached hydrogens (tertiary/aromatic N) is 2. The number of hydrogen-bond donors (Lipinski definition) is 1. The fraction of sp³-hybridized carbons (Fsp3) is 0.333. The number of carbonyl (C=O) groups is 1. The van der Waals surface area contributed by atoms with E-state index in [1.807, 2.05) is 25.1 Å². The summed E-state index contributed by atoms with van der Waals surface area (Å²) in [4.78, 5) is 18.3. The second-order valence-electron chi connectivity index (χ2n) is 6.03. The number of rotatable bonds is 3. The first kappa shape index (κ1) is 17.8. The predicted molar refractivity (Wildman–Crippen MR) is 101 cm³/mol. The third-order valence-corrected chi connectivity index (χ3v) is 4.65. The molecule has 7 heteroatoms. The van der Waals surface area contributed by atoms with E-state index in [1.165, 1.54) is 0 Å². The molecule has 2 aromatic rings. The van der Waals surface area contributed by atoms with Crippen molar-refractivity contribution in [1.29, 1.82) is 0 Å². The Labute approximate surface area is 156 Å². The monoisotopic (exact) mass is 379 g/mol. The van der Waals surface area contributed by atoms with Crippen LogP contribution < -0.4 is 10.2 Å². The van der Waals surface area contributed by atoms with Crippen LogP contribution in [0.25, 0.3) is 0 Å². The van der Waals surface area contributed by atoms with Crippen LogP contribution in [0.15, 0.2) is 36.5 Å². The highest BCUT2D eigenvalue weighted by atomic mass is 35.5. The second kappa shape index (κ2) is 7.93. The summed E-state index contributed by atoms with van der Waals surface area (Å²) in [6, 6.07) is 9.12. The summed E-state index contributed by atoms with van der Waals surface area (Å²) in [5.41, 5.74) is 1.99. The Bertz CT molecular complexity index is 744. The fourth-order valence-corrected chi connectivity index (χ4v) is 3.31. The zero-order valence-electron chi connectivity index (χ0n) is 13.8. The Kier molecular flexibility index (Phi) is 5.66. The van der Waals surface area contributed by atoms with Gasteiger partial charge in [-0.25, -0.2) is 9.78 Å². The van der Waals surface area contributed by atoms with Crippen LogP contribution in [-0.2, 0) is 4.74 Å². The molecule has 1 aliphatic heterocycles. The Morgan fingerprint density at radius 2 is 2.00 bits per heavy atom. The standard InChI is InChI=1S/C18H19Cl2N3O2/c1-12-2-5-17(21-11-12)22-18(24)25-14-6-8-23(9-7-14)16-4-3-13(19)10-15(16)20/h2-5,10-11,14H,6-9H2,1H3,(H,21,22,24). The molecule has 0 spiro atoms. The highest BCUT2D eigenvalue weighted by Gasteiger charge is 2.23. The zero-order chi connectivity index (χ0) is 17.8. The van der Waals surface area contributed by atoms with Crippen molar-refractivity contribution in [3.8, 4) is 0 Å².